The Morgan fingerprint density at radius 3 is 3.21 bits per heavy atom. The summed E-state index contributed by atoms with van der Waals surface area (Å²) in [5.41, 5.74) is 2.30. The van der Waals surface area contributed by atoms with Crippen molar-refractivity contribution < 1.29 is 14.3 Å². The van der Waals surface area contributed by atoms with Gasteiger partial charge in [0.15, 0.2) is 0 Å². The largest absolute Gasteiger partial charge is 0.497 e. The Morgan fingerprint density at radius 2 is 2.42 bits per heavy atom. The predicted molar refractivity (Wildman–Crippen MR) is 90.2 cm³/mol. The molecule has 0 saturated heterocycles. The van der Waals surface area contributed by atoms with Crippen molar-refractivity contribution in [2.75, 3.05) is 20.3 Å². The number of ether oxygens (including phenoxy) is 2. The maximum absolute atomic E-state index is 12.0. The van der Waals surface area contributed by atoms with Crippen molar-refractivity contribution in [3.05, 3.63) is 41.7 Å². The van der Waals surface area contributed by atoms with Crippen molar-refractivity contribution in [3.63, 3.8) is 0 Å². The number of benzene rings is 1. The van der Waals surface area contributed by atoms with E-state index >= 15 is 0 Å². The van der Waals surface area contributed by atoms with E-state index in [0.29, 0.717) is 25.5 Å². The minimum Gasteiger partial charge on any atom is -0.497 e. The van der Waals surface area contributed by atoms with E-state index in [0.717, 1.165) is 36.3 Å². The fraction of sp³-hybridized carbons (Fsp3) is 0.444. The second kappa shape index (κ2) is 7.86. The molecule has 24 heavy (non-hydrogen) atoms. The minimum absolute atomic E-state index is 0.0963. The van der Waals surface area contributed by atoms with E-state index in [4.69, 9.17) is 9.47 Å². The molecule has 1 aliphatic heterocycles. The van der Waals surface area contributed by atoms with Gasteiger partial charge in [0.25, 0.3) is 0 Å². The number of hydrogen-bond donors (Lipinski definition) is 2. The smallest absolute Gasteiger partial charge is 0.220 e. The molecule has 0 radical (unpaired) electrons. The second-order valence-electron chi connectivity index (χ2n) is 6.12. The van der Waals surface area contributed by atoms with Crippen LogP contribution in [0.5, 0.6) is 11.5 Å². The van der Waals surface area contributed by atoms with Crippen molar-refractivity contribution in [2.24, 2.45) is 5.92 Å². The van der Waals surface area contributed by atoms with Crippen LogP contribution in [0.4, 0.5) is 0 Å². The van der Waals surface area contributed by atoms with Gasteiger partial charge in [-0.05, 0) is 36.5 Å². The third-order valence-electron chi connectivity index (χ3n) is 4.27. The van der Waals surface area contributed by atoms with Gasteiger partial charge in [0.05, 0.1) is 19.9 Å². The maximum atomic E-state index is 12.0. The summed E-state index contributed by atoms with van der Waals surface area (Å²) in [7, 11) is 1.65. The third-order valence-corrected chi connectivity index (χ3v) is 4.27. The third kappa shape index (κ3) is 4.28. The van der Waals surface area contributed by atoms with E-state index in [1.165, 1.54) is 5.56 Å². The number of nitrogens with one attached hydrogen (secondary N) is 2. The van der Waals surface area contributed by atoms with Gasteiger partial charge in [0.2, 0.25) is 5.91 Å². The summed E-state index contributed by atoms with van der Waals surface area (Å²) in [5.74, 6) is 2.10. The minimum atomic E-state index is 0.0963. The zero-order chi connectivity index (χ0) is 16.8. The van der Waals surface area contributed by atoms with Crippen molar-refractivity contribution in [1.82, 2.24) is 15.5 Å². The quantitative estimate of drug-likeness (QED) is 0.816. The number of carbonyl (C=O) groups excluding carboxylic acids is 1. The number of fused-ring (bicyclic) bond motifs is 1. The molecule has 128 valence electrons. The monoisotopic (exact) mass is 329 g/mol. The van der Waals surface area contributed by atoms with Crippen LogP contribution in [0.3, 0.4) is 0 Å². The molecule has 6 nitrogen and oxygen atoms in total. The molecule has 0 saturated carbocycles. The number of carbonyl (C=O) groups is 1. The number of aromatic nitrogens is 2. The first kappa shape index (κ1) is 16.4. The molecule has 2 heterocycles. The van der Waals surface area contributed by atoms with E-state index in [-0.39, 0.29) is 5.91 Å². The second-order valence-corrected chi connectivity index (χ2v) is 6.12. The number of amides is 1. The standard InChI is InChI=1S/C18H23N3O3/c1-23-16-6-5-15-7-14(12-24-17(15)8-16)9-19-18(22)4-2-3-13-10-20-21-11-13/h5-6,8,10-11,14H,2-4,7,9,12H2,1H3,(H,19,22)(H,20,21)/t14-/m1/s1. The first-order valence-electron chi connectivity index (χ1n) is 8.28. The summed E-state index contributed by atoms with van der Waals surface area (Å²) in [5, 5.41) is 9.70. The number of methoxy groups -OCH3 is 1. The van der Waals surface area contributed by atoms with Gasteiger partial charge in [-0.3, -0.25) is 9.89 Å². The summed E-state index contributed by atoms with van der Waals surface area (Å²) in [6, 6.07) is 5.89. The lowest BCUT2D eigenvalue weighted by atomic mass is 9.96. The molecule has 0 bridgehead atoms. The van der Waals surface area contributed by atoms with Gasteiger partial charge in [-0.1, -0.05) is 6.07 Å². The molecule has 0 aliphatic carbocycles. The molecular weight excluding hydrogens is 306 g/mol. The van der Waals surface area contributed by atoms with Crippen LogP contribution >= 0.6 is 0 Å². The first-order valence-corrected chi connectivity index (χ1v) is 8.28. The van der Waals surface area contributed by atoms with Crippen molar-refractivity contribution in [3.8, 4) is 11.5 Å². The van der Waals surface area contributed by atoms with Crippen LogP contribution in [0.2, 0.25) is 0 Å². The van der Waals surface area contributed by atoms with Gasteiger partial charge in [-0.15, -0.1) is 0 Å². The highest BCUT2D eigenvalue weighted by molar-refractivity contribution is 5.75. The van der Waals surface area contributed by atoms with Crippen LogP contribution in [0.25, 0.3) is 0 Å². The number of hydrogen-bond acceptors (Lipinski definition) is 4. The molecule has 1 atom stereocenters. The van der Waals surface area contributed by atoms with Gasteiger partial charge in [0, 0.05) is 31.1 Å². The van der Waals surface area contributed by atoms with Gasteiger partial charge < -0.3 is 14.8 Å². The number of H-pyrrole nitrogens is 1. The molecular formula is C18H23N3O3. The van der Waals surface area contributed by atoms with E-state index in [1.54, 1.807) is 13.3 Å². The van der Waals surface area contributed by atoms with Crippen LogP contribution in [0.15, 0.2) is 30.6 Å². The molecule has 2 N–H and O–H groups in total. The van der Waals surface area contributed by atoms with Gasteiger partial charge >= 0.3 is 0 Å². The van der Waals surface area contributed by atoms with Crippen molar-refractivity contribution in [1.29, 1.82) is 0 Å². The molecule has 0 spiro atoms. The molecule has 2 aromatic rings. The Morgan fingerprint density at radius 1 is 1.50 bits per heavy atom. The summed E-state index contributed by atoms with van der Waals surface area (Å²) in [6.07, 6.45) is 6.80. The lowest BCUT2D eigenvalue weighted by Crippen LogP contribution is -2.34. The molecule has 1 aromatic heterocycles. The Bertz CT molecular complexity index is 670. The maximum Gasteiger partial charge on any atom is 0.220 e. The Kier molecular flexibility index (Phi) is 5.36. The van der Waals surface area contributed by atoms with Crippen LogP contribution in [0, 0.1) is 5.92 Å². The summed E-state index contributed by atoms with van der Waals surface area (Å²) >= 11 is 0. The van der Waals surface area contributed by atoms with E-state index in [1.807, 2.05) is 24.4 Å². The summed E-state index contributed by atoms with van der Waals surface area (Å²) in [6.45, 7) is 1.27. The predicted octanol–water partition coefficient (Wildman–Crippen LogP) is 2.11. The zero-order valence-electron chi connectivity index (χ0n) is 13.9. The van der Waals surface area contributed by atoms with Crippen LogP contribution in [-0.2, 0) is 17.6 Å². The number of rotatable bonds is 7. The van der Waals surface area contributed by atoms with E-state index < -0.39 is 0 Å². The SMILES string of the molecule is COc1ccc2c(c1)OC[C@@H](CNC(=O)CCCc1cn[nH]c1)C2. The highest BCUT2D eigenvalue weighted by Gasteiger charge is 2.20. The topological polar surface area (TPSA) is 76.2 Å². The number of nitrogens with zero attached hydrogens (tertiary/aromatic N) is 1. The number of aryl methyl sites for hydroxylation is 1. The molecule has 0 fully saturated rings. The highest BCUT2D eigenvalue weighted by Crippen LogP contribution is 2.30. The first-order chi connectivity index (χ1) is 11.7. The Labute approximate surface area is 141 Å². The van der Waals surface area contributed by atoms with E-state index in [9.17, 15) is 4.79 Å². The van der Waals surface area contributed by atoms with Crippen LogP contribution in [-0.4, -0.2) is 36.4 Å². The average Bonchev–Trinajstić information content (AvgIpc) is 3.12. The van der Waals surface area contributed by atoms with Gasteiger partial charge in [-0.25, -0.2) is 0 Å². The lowest BCUT2D eigenvalue weighted by Gasteiger charge is -2.25. The molecule has 6 heteroatoms. The zero-order valence-corrected chi connectivity index (χ0v) is 13.9. The van der Waals surface area contributed by atoms with Gasteiger partial charge in [-0.2, -0.15) is 5.10 Å². The van der Waals surface area contributed by atoms with Crippen LogP contribution < -0.4 is 14.8 Å². The Balaban J connectivity index is 1.39. The molecule has 3 rings (SSSR count). The summed E-state index contributed by atoms with van der Waals surface area (Å²) < 4.78 is 11.0. The van der Waals surface area contributed by atoms with Crippen LogP contribution in [0.1, 0.15) is 24.0 Å². The van der Waals surface area contributed by atoms with E-state index in [2.05, 4.69) is 15.5 Å². The molecule has 1 amide bonds. The highest BCUT2D eigenvalue weighted by atomic mass is 16.5. The molecule has 0 unspecified atom stereocenters. The molecule has 1 aromatic carbocycles. The summed E-state index contributed by atoms with van der Waals surface area (Å²) in [4.78, 5) is 12.0. The lowest BCUT2D eigenvalue weighted by molar-refractivity contribution is -0.121. The van der Waals surface area contributed by atoms with Crippen molar-refractivity contribution >= 4 is 5.91 Å². The Hall–Kier alpha value is -2.50. The van der Waals surface area contributed by atoms with Gasteiger partial charge in [0.1, 0.15) is 11.5 Å². The fourth-order valence-electron chi connectivity index (χ4n) is 2.89. The fourth-order valence-corrected chi connectivity index (χ4v) is 2.89. The average molecular weight is 329 g/mol. The number of aromatic amines is 1. The molecule has 1 aliphatic rings. The van der Waals surface area contributed by atoms with Crippen molar-refractivity contribution in [2.45, 2.75) is 25.7 Å². The normalized spacial score (nSPS) is 16.1.